The molecule has 4 heteroatoms. The van der Waals surface area contributed by atoms with Crippen molar-refractivity contribution in [2.75, 3.05) is 6.61 Å². The molecule has 1 rings (SSSR count). The average Bonchev–Trinajstić information content (AvgIpc) is 2.38. The van der Waals surface area contributed by atoms with Crippen LogP contribution in [0, 0.1) is 5.92 Å². The van der Waals surface area contributed by atoms with Crippen LogP contribution in [0.4, 0.5) is 0 Å². The van der Waals surface area contributed by atoms with Crippen LogP contribution in [0.2, 0.25) is 0 Å². The Kier molecular flexibility index (Phi) is 6.96. The van der Waals surface area contributed by atoms with Gasteiger partial charge in [-0.1, -0.05) is 26.2 Å². The second-order valence-corrected chi connectivity index (χ2v) is 6.61. The van der Waals surface area contributed by atoms with E-state index in [1.165, 1.54) is 25.7 Å². The fraction of sp³-hybridized carbons (Fsp3) is 0.938. The lowest BCUT2D eigenvalue weighted by Gasteiger charge is -2.33. The number of hydrogen-bond donors (Lipinski definition) is 2. The molecule has 0 bridgehead atoms. The maximum absolute atomic E-state index is 11.7. The summed E-state index contributed by atoms with van der Waals surface area (Å²) in [6, 6.07) is 0.227. The Morgan fingerprint density at radius 3 is 2.60 bits per heavy atom. The van der Waals surface area contributed by atoms with Gasteiger partial charge in [0, 0.05) is 12.6 Å². The molecule has 1 aliphatic rings. The number of carbonyl (C=O) groups is 1. The Hall–Kier alpha value is -0.610. The highest BCUT2D eigenvalue weighted by atomic mass is 16.5. The van der Waals surface area contributed by atoms with Gasteiger partial charge in [0.1, 0.15) is 0 Å². The third-order valence-corrected chi connectivity index (χ3v) is 4.45. The zero-order valence-electron chi connectivity index (χ0n) is 13.6. The lowest BCUT2D eigenvalue weighted by Crippen LogP contribution is -2.56. The first kappa shape index (κ1) is 17.4. The van der Waals surface area contributed by atoms with Crippen LogP contribution in [0.15, 0.2) is 0 Å². The highest BCUT2D eigenvalue weighted by Gasteiger charge is 2.32. The van der Waals surface area contributed by atoms with Gasteiger partial charge in [-0.15, -0.1) is 0 Å². The van der Waals surface area contributed by atoms with Crippen LogP contribution in [-0.2, 0) is 9.53 Å². The molecule has 3 atom stereocenters. The number of ether oxygens (including phenoxy) is 1. The number of primary amides is 1. The van der Waals surface area contributed by atoms with E-state index in [0.717, 1.165) is 6.42 Å². The second-order valence-electron chi connectivity index (χ2n) is 6.61. The van der Waals surface area contributed by atoms with E-state index in [1.54, 1.807) is 0 Å². The summed E-state index contributed by atoms with van der Waals surface area (Å²) in [6.07, 6.45) is 7.20. The van der Waals surface area contributed by atoms with Gasteiger partial charge < -0.3 is 15.8 Å². The Morgan fingerprint density at radius 2 is 2.05 bits per heavy atom. The van der Waals surface area contributed by atoms with Gasteiger partial charge in [0.05, 0.1) is 11.6 Å². The van der Waals surface area contributed by atoms with Gasteiger partial charge in [0.2, 0.25) is 5.91 Å². The van der Waals surface area contributed by atoms with Gasteiger partial charge in [-0.2, -0.15) is 0 Å². The van der Waals surface area contributed by atoms with Crippen molar-refractivity contribution in [2.24, 2.45) is 11.7 Å². The summed E-state index contributed by atoms with van der Waals surface area (Å²) >= 11 is 0. The van der Waals surface area contributed by atoms with Gasteiger partial charge in [0.25, 0.3) is 0 Å². The molecule has 0 radical (unpaired) electrons. The molecule has 0 heterocycles. The van der Waals surface area contributed by atoms with Gasteiger partial charge >= 0.3 is 0 Å². The smallest absolute Gasteiger partial charge is 0.237 e. The molecule has 1 aliphatic carbocycles. The second kappa shape index (κ2) is 7.99. The summed E-state index contributed by atoms with van der Waals surface area (Å²) < 4.78 is 6.07. The van der Waals surface area contributed by atoms with Crippen LogP contribution in [0.5, 0.6) is 0 Å². The standard InChI is InChI=1S/C16H32N2O2/c1-5-13-8-6-7-9-14(13)20-11-10-16(4,15(17)19)18-12(2)3/h12-14,18H,5-11H2,1-4H3,(H2,17,19). The lowest BCUT2D eigenvalue weighted by molar-refractivity contribution is -0.125. The van der Waals surface area contributed by atoms with Crippen LogP contribution < -0.4 is 11.1 Å². The molecule has 0 aliphatic heterocycles. The zero-order valence-corrected chi connectivity index (χ0v) is 13.6. The fourth-order valence-electron chi connectivity index (χ4n) is 3.18. The molecule has 0 spiro atoms. The Bertz CT molecular complexity index is 307. The first-order valence-electron chi connectivity index (χ1n) is 8.08. The molecular formula is C16H32N2O2. The molecule has 0 saturated heterocycles. The molecule has 1 fully saturated rings. The van der Waals surface area contributed by atoms with Gasteiger partial charge in [0.15, 0.2) is 0 Å². The quantitative estimate of drug-likeness (QED) is 0.720. The van der Waals surface area contributed by atoms with Crippen molar-refractivity contribution in [3.05, 3.63) is 0 Å². The summed E-state index contributed by atoms with van der Waals surface area (Å²) in [5.74, 6) is 0.382. The monoisotopic (exact) mass is 284 g/mol. The highest BCUT2D eigenvalue weighted by Crippen LogP contribution is 2.29. The third-order valence-electron chi connectivity index (χ3n) is 4.45. The molecule has 20 heavy (non-hydrogen) atoms. The van der Waals surface area contributed by atoms with E-state index < -0.39 is 5.54 Å². The molecule has 0 aromatic rings. The van der Waals surface area contributed by atoms with Crippen molar-refractivity contribution in [1.29, 1.82) is 0 Å². The van der Waals surface area contributed by atoms with Crippen LogP contribution in [0.3, 0.4) is 0 Å². The number of rotatable bonds is 8. The predicted molar refractivity (Wildman–Crippen MR) is 82.5 cm³/mol. The minimum atomic E-state index is -0.676. The summed E-state index contributed by atoms with van der Waals surface area (Å²) in [4.78, 5) is 11.7. The zero-order chi connectivity index (χ0) is 15.2. The molecule has 4 nitrogen and oxygen atoms in total. The van der Waals surface area contributed by atoms with Crippen molar-refractivity contribution in [3.63, 3.8) is 0 Å². The van der Waals surface area contributed by atoms with E-state index in [9.17, 15) is 4.79 Å². The van der Waals surface area contributed by atoms with E-state index in [1.807, 2.05) is 20.8 Å². The SMILES string of the molecule is CCC1CCCCC1OCCC(C)(NC(C)C)C(N)=O. The van der Waals surface area contributed by atoms with Crippen molar-refractivity contribution < 1.29 is 9.53 Å². The van der Waals surface area contributed by atoms with Gasteiger partial charge in [-0.25, -0.2) is 0 Å². The minimum absolute atomic E-state index is 0.227. The van der Waals surface area contributed by atoms with Crippen molar-refractivity contribution in [3.8, 4) is 0 Å². The molecule has 3 unspecified atom stereocenters. The van der Waals surface area contributed by atoms with E-state index >= 15 is 0 Å². The van der Waals surface area contributed by atoms with E-state index in [2.05, 4.69) is 12.2 Å². The molecule has 0 aromatic carbocycles. The Balaban J connectivity index is 2.45. The average molecular weight is 284 g/mol. The molecule has 118 valence electrons. The molecule has 0 aromatic heterocycles. The first-order chi connectivity index (χ1) is 9.39. The topological polar surface area (TPSA) is 64.3 Å². The van der Waals surface area contributed by atoms with Crippen molar-refractivity contribution in [2.45, 2.75) is 83.9 Å². The van der Waals surface area contributed by atoms with Crippen molar-refractivity contribution >= 4 is 5.91 Å². The van der Waals surface area contributed by atoms with Gasteiger partial charge in [-0.05, 0) is 46.0 Å². The molecule has 1 saturated carbocycles. The summed E-state index contributed by atoms with van der Waals surface area (Å²) in [7, 11) is 0. The Labute approximate surface area is 123 Å². The van der Waals surface area contributed by atoms with Crippen LogP contribution in [0.1, 0.15) is 66.2 Å². The number of amides is 1. The van der Waals surface area contributed by atoms with Crippen LogP contribution >= 0.6 is 0 Å². The maximum atomic E-state index is 11.7. The third kappa shape index (κ3) is 5.06. The van der Waals surface area contributed by atoms with Crippen LogP contribution in [0.25, 0.3) is 0 Å². The lowest BCUT2D eigenvalue weighted by atomic mass is 9.84. The Morgan fingerprint density at radius 1 is 1.40 bits per heavy atom. The number of carbonyl (C=O) groups excluding carboxylic acids is 1. The largest absolute Gasteiger partial charge is 0.378 e. The van der Waals surface area contributed by atoms with Crippen LogP contribution in [-0.4, -0.2) is 30.2 Å². The number of nitrogens with two attached hydrogens (primary N) is 1. The van der Waals surface area contributed by atoms with Crippen molar-refractivity contribution in [1.82, 2.24) is 5.32 Å². The van der Waals surface area contributed by atoms with E-state index in [4.69, 9.17) is 10.5 Å². The van der Waals surface area contributed by atoms with E-state index in [0.29, 0.717) is 25.0 Å². The van der Waals surface area contributed by atoms with E-state index in [-0.39, 0.29) is 11.9 Å². The predicted octanol–water partition coefficient (Wildman–Crippen LogP) is 2.60. The highest BCUT2D eigenvalue weighted by molar-refractivity contribution is 5.84. The number of hydrogen-bond acceptors (Lipinski definition) is 3. The summed E-state index contributed by atoms with van der Waals surface area (Å²) in [5.41, 5.74) is 4.86. The normalized spacial score (nSPS) is 26.4. The molecular weight excluding hydrogens is 252 g/mol. The fourth-order valence-corrected chi connectivity index (χ4v) is 3.18. The maximum Gasteiger partial charge on any atom is 0.237 e. The summed E-state index contributed by atoms with van der Waals surface area (Å²) in [6.45, 7) is 8.75. The first-order valence-corrected chi connectivity index (χ1v) is 8.08. The molecule has 3 N–H and O–H groups in total. The summed E-state index contributed by atoms with van der Waals surface area (Å²) in [5, 5.41) is 3.26. The minimum Gasteiger partial charge on any atom is -0.378 e. The van der Waals surface area contributed by atoms with Gasteiger partial charge in [-0.3, -0.25) is 4.79 Å². The molecule has 1 amide bonds. The number of nitrogens with one attached hydrogen (secondary N) is 1.